The van der Waals surface area contributed by atoms with Crippen LogP contribution >= 0.6 is 11.6 Å². The molecule has 0 unspecified atom stereocenters. The average Bonchev–Trinajstić information content (AvgIpc) is 2.22. The minimum atomic E-state index is -4.90. The lowest BCUT2D eigenvalue weighted by atomic mass is 10.1. The van der Waals surface area contributed by atoms with E-state index in [1.165, 1.54) is 6.07 Å². The molecule has 1 aromatic rings. The summed E-state index contributed by atoms with van der Waals surface area (Å²) in [5.41, 5.74) is 0.373. The van der Waals surface area contributed by atoms with Gasteiger partial charge in [-0.15, -0.1) is 24.8 Å². The molecule has 1 rings (SSSR count). The molecule has 0 spiro atoms. The van der Waals surface area contributed by atoms with Crippen LogP contribution in [0.5, 0.6) is 11.5 Å². The normalized spacial score (nSPS) is 11.7. The zero-order valence-electron chi connectivity index (χ0n) is 9.52. The zero-order valence-corrected chi connectivity index (χ0v) is 10.3. The Morgan fingerprint density at radius 1 is 1.11 bits per heavy atom. The Labute approximate surface area is 111 Å². The Hall–Kier alpha value is -1.24. The molecule has 0 aliphatic heterocycles. The fourth-order valence-corrected chi connectivity index (χ4v) is 1.54. The number of hydrogen-bond donors (Lipinski definition) is 0. The van der Waals surface area contributed by atoms with E-state index < -0.39 is 18.7 Å². The van der Waals surface area contributed by atoms with Crippen molar-refractivity contribution >= 4 is 11.6 Å². The Balaban J connectivity index is 2.94. The Bertz CT molecular complexity index is 409. The molecule has 0 amide bonds. The van der Waals surface area contributed by atoms with Crippen molar-refractivity contribution in [3.63, 3.8) is 0 Å². The van der Waals surface area contributed by atoms with Crippen LogP contribution in [0.25, 0.3) is 0 Å². The number of alkyl halides is 6. The van der Waals surface area contributed by atoms with Gasteiger partial charge in [-0.2, -0.15) is 8.78 Å². The molecular formula is C11H10ClF5O2. The lowest BCUT2D eigenvalue weighted by molar-refractivity contribution is -0.274. The van der Waals surface area contributed by atoms with Crippen molar-refractivity contribution in [1.29, 1.82) is 0 Å². The first kappa shape index (κ1) is 15.8. The van der Waals surface area contributed by atoms with Crippen LogP contribution in [0.15, 0.2) is 18.2 Å². The quantitative estimate of drug-likeness (QED) is 0.574. The van der Waals surface area contributed by atoms with Gasteiger partial charge in [0.05, 0.1) is 0 Å². The van der Waals surface area contributed by atoms with Crippen molar-refractivity contribution in [2.24, 2.45) is 0 Å². The van der Waals surface area contributed by atoms with Crippen LogP contribution in [-0.2, 0) is 6.42 Å². The summed E-state index contributed by atoms with van der Waals surface area (Å²) in [6.45, 7) is -3.12. The van der Waals surface area contributed by atoms with E-state index in [0.29, 0.717) is 24.3 Å². The lowest BCUT2D eigenvalue weighted by Gasteiger charge is -2.13. The molecule has 1 aromatic carbocycles. The van der Waals surface area contributed by atoms with E-state index in [-0.39, 0.29) is 5.75 Å². The maximum Gasteiger partial charge on any atom is 0.573 e. The molecule has 2 nitrogen and oxygen atoms in total. The highest BCUT2D eigenvalue weighted by Crippen LogP contribution is 2.29. The third-order valence-electron chi connectivity index (χ3n) is 2.00. The van der Waals surface area contributed by atoms with Gasteiger partial charge in [-0.1, -0.05) is 0 Å². The number of rotatable bonds is 6. The number of ether oxygens (including phenoxy) is 2. The highest BCUT2D eigenvalue weighted by atomic mass is 35.5. The van der Waals surface area contributed by atoms with Gasteiger partial charge in [-0.05, 0) is 30.5 Å². The van der Waals surface area contributed by atoms with E-state index in [1.807, 2.05) is 0 Å². The first-order valence-electron chi connectivity index (χ1n) is 5.20. The second-order valence-corrected chi connectivity index (χ2v) is 3.91. The summed E-state index contributed by atoms with van der Waals surface area (Å²) in [6, 6.07) is 3.09. The fourth-order valence-electron chi connectivity index (χ4n) is 1.41. The third kappa shape index (κ3) is 6.47. The van der Waals surface area contributed by atoms with Crippen LogP contribution in [-0.4, -0.2) is 18.9 Å². The molecule has 0 aliphatic rings. The SMILES string of the molecule is FC(F)Oc1cc(CCCCl)cc(OC(F)(F)F)c1. The zero-order chi connectivity index (χ0) is 14.5. The van der Waals surface area contributed by atoms with Gasteiger partial charge in [-0.25, -0.2) is 0 Å². The van der Waals surface area contributed by atoms with Gasteiger partial charge in [0.1, 0.15) is 11.5 Å². The topological polar surface area (TPSA) is 18.5 Å². The van der Waals surface area contributed by atoms with Crippen molar-refractivity contribution in [3.8, 4) is 11.5 Å². The predicted octanol–water partition coefficient (Wildman–Crippen LogP) is 4.36. The van der Waals surface area contributed by atoms with Gasteiger partial charge >= 0.3 is 13.0 Å². The highest BCUT2D eigenvalue weighted by molar-refractivity contribution is 6.17. The van der Waals surface area contributed by atoms with Crippen molar-refractivity contribution < 1.29 is 31.4 Å². The molecule has 0 aliphatic carbocycles. The minimum absolute atomic E-state index is 0.301. The number of hydrogen-bond acceptors (Lipinski definition) is 2. The molecule has 0 fully saturated rings. The number of halogens is 6. The van der Waals surface area contributed by atoms with Gasteiger partial charge in [0.2, 0.25) is 0 Å². The summed E-state index contributed by atoms with van der Waals surface area (Å²) >= 11 is 5.46. The Morgan fingerprint density at radius 3 is 2.26 bits per heavy atom. The van der Waals surface area contributed by atoms with Crippen LogP contribution in [0.3, 0.4) is 0 Å². The molecule has 0 heterocycles. The molecular weight excluding hydrogens is 295 g/mol. The summed E-state index contributed by atoms with van der Waals surface area (Å²) < 4.78 is 68.2. The van der Waals surface area contributed by atoms with E-state index in [2.05, 4.69) is 9.47 Å². The van der Waals surface area contributed by atoms with E-state index in [0.717, 1.165) is 12.1 Å². The maximum absolute atomic E-state index is 12.1. The van der Waals surface area contributed by atoms with Crippen LogP contribution in [0, 0.1) is 0 Å². The van der Waals surface area contributed by atoms with Crippen LogP contribution in [0.4, 0.5) is 22.0 Å². The third-order valence-corrected chi connectivity index (χ3v) is 2.26. The molecule has 8 heteroatoms. The maximum atomic E-state index is 12.1. The predicted molar refractivity (Wildman–Crippen MR) is 58.8 cm³/mol. The van der Waals surface area contributed by atoms with Crippen LogP contribution < -0.4 is 9.47 Å². The summed E-state index contributed by atoms with van der Waals surface area (Å²) in [7, 11) is 0. The van der Waals surface area contributed by atoms with E-state index in [1.54, 1.807) is 0 Å². The molecule has 0 aromatic heterocycles. The number of benzene rings is 1. The molecule has 0 atom stereocenters. The summed E-state index contributed by atoms with van der Waals surface area (Å²) in [4.78, 5) is 0. The molecule has 0 radical (unpaired) electrons. The molecule has 108 valence electrons. The summed E-state index contributed by atoms with van der Waals surface area (Å²) in [5, 5.41) is 0. The van der Waals surface area contributed by atoms with E-state index >= 15 is 0 Å². The standard InChI is InChI=1S/C11H10ClF5O2/c12-3-1-2-7-4-8(18-10(13)14)6-9(5-7)19-11(15,16)17/h4-6,10H,1-3H2. The Kier molecular flexibility index (Phi) is 5.65. The lowest BCUT2D eigenvalue weighted by Crippen LogP contribution is -2.17. The second kappa shape index (κ2) is 6.79. The first-order chi connectivity index (χ1) is 8.80. The van der Waals surface area contributed by atoms with Gasteiger partial charge in [0.25, 0.3) is 0 Å². The molecule has 19 heavy (non-hydrogen) atoms. The highest BCUT2D eigenvalue weighted by Gasteiger charge is 2.31. The largest absolute Gasteiger partial charge is 0.573 e. The van der Waals surface area contributed by atoms with Gasteiger partial charge in [0.15, 0.2) is 0 Å². The second-order valence-electron chi connectivity index (χ2n) is 3.53. The first-order valence-corrected chi connectivity index (χ1v) is 5.74. The van der Waals surface area contributed by atoms with Crippen molar-refractivity contribution in [2.75, 3.05) is 5.88 Å². The Morgan fingerprint density at radius 2 is 1.74 bits per heavy atom. The summed E-state index contributed by atoms with van der Waals surface area (Å²) in [5.74, 6) is -0.688. The van der Waals surface area contributed by atoms with Gasteiger partial charge in [0, 0.05) is 11.9 Å². The fraction of sp³-hybridized carbons (Fsp3) is 0.455. The van der Waals surface area contributed by atoms with Gasteiger partial charge < -0.3 is 9.47 Å². The monoisotopic (exact) mass is 304 g/mol. The molecule has 0 saturated carbocycles. The van der Waals surface area contributed by atoms with E-state index in [4.69, 9.17) is 11.6 Å². The van der Waals surface area contributed by atoms with Crippen molar-refractivity contribution in [3.05, 3.63) is 23.8 Å². The van der Waals surface area contributed by atoms with Crippen molar-refractivity contribution in [2.45, 2.75) is 25.8 Å². The van der Waals surface area contributed by atoms with Crippen molar-refractivity contribution in [1.82, 2.24) is 0 Å². The minimum Gasteiger partial charge on any atom is -0.435 e. The summed E-state index contributed by atoms with van der Waals surface area (Å²) in [6.07, 6.45) is -4.07. The smallest absolute Gasteiger partial charge is 0.435 e. The average molecular weight is 305 g/mol. The number of aryl methyl sites for hydroxylation is 1. The van der Waals surface area contributed by atoms with Crippen LogP contribution in [0.2, 0.25) is 0 Å². The molecule has 0 bridgehead atoms. The molecule has 0 N–H and O–H groups in total. The molecule has 0 saturated heterocycles. The van der Waals surface area contributed by atoms with E-state index in [9.17, 15) is 22.0 Å². The van der Waals surface area contributed by atoms with Crippen LogP contribution in [0.1, 0.15) is 12.0 Å². The van der Waals surface area contributed by atoms with Gasteiger partial charge in [-0.3, -0.25) is 0 Å².